The highest BCUT2D eigenvalue weighted by Crippen LogP contribution is 2.33. The molecule has 2 nitrogen and oxygen atoms in total. The van der Waals surface area contributed by atoms with Crippen molar-refractivity contribution in [2.75, 3.05) is 0 Å². The summed E-state index contributed by atoms with van der Waals surface area (Å²) in [5.41, 5.74) is 2.49. The molecule has 0 unspecified atom stereocenters. The van der Waals surface area contributed by atoms with Gasteiger partial charge in [-0.05, 0) is 49.0 Å². The lowest BCUT2D eigenvalue weighted by Crippen LogP contribution is -2.09. The maximum Gasteiger partial charge on any atom is 0.134 e. The van der Waals surface area contributed by atoms with Gasteiger partial charge >= 0.3 is 0 Å². The Hall–Kier alpha value is -1.34. The van der Waals surface area contributed by atoms with Gasteiger partial charge in [-0.3, -0.25) is 0 Å². The molecule has 1 aromatic heterocycles. The number of benzene rings is 1. The van der Waals surface area contributed by atoms with Gasteiger partial charge in [-0.25, -0.2) is 4.98 Å². The van der Waals surface area contributed by atoms with E-state index >= 15 is 0 Å². The van der Waals surface area contributed by atoms with Crippen LogP contribution < -0.4 is 0 Å². The van der Waals surface area contributed by atoms with Gasteiger partial charge < -0.3 is 0 Å². The molecule has 5 heteroatoms. The van der Waals surface area contributed by atoms with Crippen LogP contribution >= 0.6 is 34.5 Å². The molecule has 2 aromatic rings. The molecule has 0 spiro atoms. The molecular weight excluding hydrogens is 335 g/mol. The standard InChI is InChI=1S/C17H14Cl2N2S/c1-10-2-5-15-16(6-10)22-17(21-15)12(9-20)7-11-3-4-13(18)8-14(11)19/h3-4,7-8,10H,2,5-6H2,1H3/b12-7+/t10-/m1/s1. The monoisotopic (exact) mass is 348 g/mol. The van der Waals surface area contributed by atoms with Crippen molar-refractivity contribution in [1.82, 2.24) is 4.98 Å². The van der Waals surface area contributed by atoms with Crippen LogP contribution in [0.2, 0.25) is 10.0 Å². The largest absolute Gasteiger partial charge is 0.240 e. The smallest absolute Gasteiger partial charge is 0.134 e. The summed E-state index contributed by atoms with van der Waals surface area (Å²) >= 11 is 13.7. The van der Waals surface area contributed by atoms with Crippen molar-refractivity contribution in [1.29, 1.82) is 5.26 Å². The van der Waals surface area contributed by atoms with Gasteiger partial charge in [0.2, 0.25) is 0 Å². The highest BCUT2D eigenvalue weighted by Gasteiger charge is 2.21. The maximum absolute atomic E-state index is 9.48. The molecule has 1 aliphatic carbocycles. The molecule has 3 rings (SSSR count). The molecule has 0 radical (unpaired) electrons. The number of thiazole rings is 1. The summed E-state index contributed by atoms with van der Waals surface area (Å²) in [5.74, 6) is 0.695. The van der Waals surface area contributed by atoms with Gasteiger partial charge in [-0.1, -0.05) is 36.2 Å². The van der Waals surface area contributed by atoms with E-state index in [0.29, 0.717) is 21.5 Å². The number of fused-ring (bicyclic) bond motifs is 1. The maximum atomic E-state index is 9.48. The lowest BCUT2D eigenvalue weighted by molar-refractivity contribution is 0.502. The second-order valence-electron chi connectivity index (χ2n) is 5.57. The fraction of sp³-hybridized carbons (Fsp3) is 0.294. The molecule has 22 heavy (non-hydrogen) atoms. The van der Waals surface area contributed by atoms with Gasteiger partial charge in [-0.15, -0.1) is 11.3 Å². The van der Waals surface area contributed by atoms with Crippen molar-refractivity contribution in [3.05, 3.63) is 49.4 Å². The average molecular weight is 349 g/mol. The predicted octanol–water partition coefficient (Wildman–Crippen LogP) is 5.64. The number of rotatable bonds is 2. The first kappa shape index (κ1) is 15.6. The molecule has 0 fully saturated rings. The van der Waals surface area contributed by atoms with E-state index < -0.39 is 0 Å². The van der Waals surface area contributed by atoms with E-state index in [0.717, 1.165) is 29.1 Å². The fourth-order valence-electron chi connectivity index (χ4n) is 2.57. The van der Waals surface area contributed by atoms with Crippen molar-refractivity contribution in [2.24, 2.45) is 5.92 Å². The molecule has 1 heterocycles. The molecule has 0 N–H and O–H groups in total. The minimum atomic E-state index is 0.537. The molecular formula is C17H14Cl2N2S. The first-order valence-corrected chi connectivity index (χ1v) is 8.70. The van der Waals surface area contributed by atoms with Crippen LogP contribution in [0.15, 0.2) is 18.2 Å². The van der Waals surface area contributed by atoms with Crippen LogP contribution in [0.25, 0.3) is 11.6 Å². The number of nitriles is 1. The number of hydrogen-bond donors (Lipinski definition) is 0. The van der Waals surface area contributed by atoms with E-state index in [2.05, 4.69) is 18.0 Å². The third kappa shape index (κ3) is 3.20. The molecule has 0 aliphatic heterocycles. The molecule has 1 aromatic carbocycles. The van der Waals surface area contributed by atoms with Crippen LogP contribution in [0.1, 0.15) is 34.5 Å². The Bertz CT molecular complexity index is 786. The van der Waals surface area contributed by atoms with E-state index in [1.165, 1.54) is 11.3 Å². The highest BCUT2D eigenvalue weighted by molar-refractivity contribution is 7.13. The lowest BCUT2D eigenvalue weighted by Gasteiger charge is -2.15. The Kier molecular flexibility index (Phi) is 4.54. The molecule has 0 saturated heterocycles. The zero-order valence-corrected chi connectivity index (χ0v) is 14.4. The van der Waals surface area contributed by atoms with E-state index in [1.807, 2.05) is 6.07 Å². The fourth-order valence-corrected chi connectivity index (χ4v) is 4.27. The van der Waals surface area contributed by atoms with Crippen molar-refractivity contribution >= 4 is 46.2 Å². The Morgan fingerprint density at radius 1 is 1.45 bits per heavy atom. The SMILES string of the molecule is C[C@@H]1CCc2nc(/C(C#N)=C/c3ccc(Cl)cc3Cl)sc2C1. The number of aryl methyl sites for hydroxylation is 1. The van der Waals surface area contributed by atoms with Crippen LogP contribution in [-0.4, -0.2) is 4.98 Å². The van der Waals surface area contributed by atoms with Gasteiger partial charge in [0, 0.05) is 14.9 Å². The van der Waals surface area contributed by atoms with Gasteiger partial charge in [0.15, 0.2) is 0 Å². The van der Waals surface area contributed by atoms with Crippen LogP contribution in [0.5, 0.6) is 0 Å². The number of allylic oxidation sites excluding steroid dienone is 1. The minimum absolute atomic E-state index is 0.537. The van der Waals surface area contributed by atoms with Crippen LogP contribution in [-0.2, 0) is 12.8 Å². The summed E-state index contributed by atoms with van der Waals surface area (Å²) in [6.07, 6.45) is 5.03. The zero-order chi connectivity index (χ0) is 15.7. The molecule has 0 saturated carbocycles. The summed E-state index contributed by atoms with van der Waals surface area (Å²) in [5, 5.41) is 11.4. The van der Waals surface area contributed by atoms with Crippen molar-refractivity contribution in [3.63, 3.8) is 0 Å². The summed E-state index contributed by atoms with van der Waals surface area (Å²) in [6.45, 7) is 2.26. The zero-order valence-electron chi connectivity index (χ0n) is 12.1. The van der Waals surface area contributed by atoms with E-state index in [9.17, 15) is 5.26 Å². The summed E-state index contributed by atoms with van der Waals surface area (Å²) in [7, 11) is 0. The minimum Gasteiger partial charge on any atom is -0.240 e. The van der Waals surface area contributed by atoms with Gasteiger partial charge in [0.1, 0.15) is 11.1 Å². The molecule has 1 aliphatic rings. The Balaban J connectivity index is 1.98. The van der Waals surface area contributed by atoms with Crippen molar-refractivity contribution < 1.29 is 0 Å². The lowest BCUT2D eigenvalue weighted by atomic mass is 9.93. The second-order valence-corrected chi connectivity index (χ2v) is 7.50. The molecule has 1 atom stereocenters. The summed E-state index contributed by atoms with van der Waals surface area (Å²) in [4.78, 5) is 5.98. The topological polar surface area (TPSA) is 36.7 Å². The first-order chi connectivity index (χ1) is 10.6. The Morgan fingerprint density at radius 2 is 2.27 bits per heavy atom. The third-order valence-corrected chi connectivity index (χ3v) is 5.51. The van der Waals surface area contributed by atoms with Crippen LogP contribution in [0.3, 0.4) is 0 Å². The van der Waals surface area contributed by atoms with E-state index in [4.69, 9.17) is 23.2 Å². The third-order valence-electron chi connectivity index (χ3n) is 3.80. The first-order valence-electron chi connectivity index (χ1n) is 7.12. The molecule has 0 bridgehead atoms. The Labute approximate surface area is 144 Å². The van der Waals surface area contributed by atoms with Gasteiger partial charge in [0.05, 0.1) is 11.3 Å². The van der Waals surface area contributed by atoms with Crippen LogP contribution in [0, 0.1) is 17.2 Å². The number of hydrogen-bond acceptors (Lipinski definition) is 3. The highest BCUT2D eigenvalue weighted by atomic mass is 35.5. The van der Waals surface area contributed by atoms with Crippen molar-refractivity contribution in [2.45, 2.75) is 26.2 Å². The van der Waals surface area contributed by atoms with Gasteiger partial charge in [-0.2, -0.15) is 5.26 Å². The quantitative estimate of drug-likeness (QED) is 0.658. The van der Waals surface area contributed by atoms with E-state index in [-0.39, 0.29) is 0 Å². The second kappa shape index (κ2) is 6.42. The van der Waals surface area contributed by atoms with E-state index in [1.54, 1.807) is 29.5 Å². The Morgan fingerprint density at radius 3 is 3.00 bits per heavy atom. The molecule has 112 valence electrons. The normalized spacial score (nSPS) is 17.9. The van der Waals surface area contributed by atoms with Gasteiger partial charge in [0.25, 0.3) is 0 Å². The van der Waals surface area contributed by atoms with Crippen molar-refractivity contribution in [3.8, 4) is 6.07 Å². The predicted molar refractivity (Wildman–Crippen MR) is 93.2 cm³/mol. The van der Waals surface area contributed by atoms with Crippen LogP contribution in [0.4, 0.5) is 0 Å². The average Bonchev–Trinajstić information content (AvgIpc) is 2.89. The summed E-state index contributed by atoms with van der Waals surface area (Å²) in [6, 6.07) is 7.51. The summed E-state index contributed by atoms with van der Waals surface area (Å²) < 4.78 is 0. The number of aromatic nitrogens is 1. The number of nitrogens with zero attached hydrogens (tertiary/aromatic N) is 2. The number of halogens is 2. The molecule has 0 amide bonds.